The zero-order chi connectivity index (χ0) is 24.4. The minimum atomic E-state index is -0.710. The van der Waals surface area contributed by atoms with Crippen molar-refractivity contribution in [2.75, 3.05) is 18.4 Å². The fourth-order valence-electron chi connectivity index (χ4n) is 4.48. The number of benzene rings is 2. The first-order chi connectivity index (χ1) is 17.0. The highest BCUT2D eigenvalue weighted by molar-refractivity contribution is 6.00. The molecule has 8 heteroatoms. The Labute approximate surface area is 202 Å². The summed E-state index contributed by atoms with van der Waals surface area (Å²) in [6, 6.07) is 17.8. The maximum absolute atomic E-state index is 12.8. The van der Waals surface area contributed by atoms with Gasteiger partial charge in [0.2, 0.25) is 11.8 Å². The molecule has 1 saturated heterocycles. The van der Waals surface area contributed by atoms with Gasteiger partial charge >= 0.3 is 0 Å². The van der Waals surface area contributed by atoms with Crippen LogP contribution in [0.4, 0.5) is 5.69 Å². The Morgan fingerprint density at radius 3 is 2.63 bits per heavy atom. The van der Waals surface area contributed by atoms with Gasteiger partial charge in [0.15, 0.2) is 0 Å². The number of nitrogens with zero attached hydrogens (tertiary/aromatic N) is 3. The number of pyridine rings is 1. The van der Waals surface area contributed by atoms with E-state index in [1.165, 1.54) is 23.3 Å². The van der Waals surface area contributed by atoms with Crippen molar-refractivity contribution < 1.29 is 14.4 Å². The topological polar surface area (TPSA) is 115 Å². The van der Waals surface area contributed by atoms with E-state index in [0.29, 0.717) is 17.2 Å². The summed E-state index contributed by atoms with van der Waals surface area (Å²) < 4.78 is 0. The summed E-state index contributed by atoms with van der Waals surface area (Å²) >= 11 is 0. The molecule has 35 heavy (non-hydrogen) atoms. The molecule has 0 spiro atoms. The zero-order valence-corrected chi connectivity index (χ0v) is 19.1. The summed E-state index contributed by atoms with van der Waals surface area (Å²) in [7, 11) is 0. The normalized spacial score (nSPS) is 19.2. The molecule has 1 aliphatic heterocycles. The fraction of sp³-hybridized carbons (Fsp3) is 0.296. The molecule has 176 valence electrons. The van der Waals surface area contributed by atoms with Gasteiger partial charge in [0.1, 0.15) is 6.04 Å². The SMILES string of the molecule is N#CC1CC(C(=O)Nc2ccccc2)CN1C(=O)CNC(=O)c1ccc2ncc(C3CC3)cc2c1. The van der Waals surface area contributed by atoms with Crippen LogP contribution in [0.1, 0.15) is 41.1 Å². The molecule has 5 rings (SSSR count). The molecule has 8 nitrogen and oxygen atoms in total. The largest absolute Gasteiger partial charge is 0.343 e. The quantitative estimate of drug-likeness (QED) is 0.578. The van der Waals surface area contributed by atoms with Gasteiger partial charge in [0.25, 0.3) is 5.91 Å². The van der Waals surface area contributed by atoms with E-state index in [2.05, 4.69) is 27.8 Å². The fourth-order valence-corrected chi connectivity index (χ4v) is 4.48. The number of fused-ring (bicyclic) bond motifs is 1. The first-order valence-corrected chi connectivity index (χ1v) is 11.7. The van der Waals surface area contributed by atoms with Crippen LogP contribution in [0.3, 0.4) is 0 Å². The second-order valence-corrected chi connectivity index (χ2v) is 9.11. The Morgan fingerprint density at radius 1 is 1.09 bits per heavy atom. The van der Waals surface area contributed by atoms with Gasteiger partial charge < -0.3 is 15.5 Å². The number of likely N-dealkylation sites (tertiary alicyclic amines) is 1. The summed E-state index contributed by atoms with van der Waals surface area (Å²) in [6.07, 6.45) is 4.50. The van der Waals surface area contributed by atoms with Crippen molar-refractivity contribution in [3.63, 3.8) is 0 Å². The van der Waals surface area contributed by atoms with Crippen molar-refractivity contribution in [2.45, 2.75) is 31.2 Å². The van der Waals surface area contributed by atoms with Gasteiger partial charge in [0, 0.05) is 29.4 Å². The number of carbonyl (C=O) groups is 3. The highest BCUT2D eigenvalue weighted by Gasteiger charge is 2.38. The molecule has 2 aliphatic rings. The number of amides is 3. The van der Waals surface area contributed by atoms with Crippen molar-refractivity contribution >= 4 is 34.3 Å². The van der Waals surface area contributed by atoms with Crippen molar-refractivity contribution in [3.05, 3.63) is 71.9 Å². The maximum atomic E-state index is 12.8. The molecule has 1 saturated carbocycles. The van der Waals surface area contributed by atoms with Gasteiger partial charge in [-0.25, -0.2) is 0 Å². The van der Waals surface area contributed by atoms with E-state index in [-0.39, 0.29) is 31.3 Å². The Balaban J connectivity index is 1.20. The lowest BCUT2D eigenvalue weighted by atomic mass is 10.1. The third-order valence-electron chi connectivity index (χ3n) is 6.60. The Morgan fingerprint density at radius 2 is 1.89 bits per heavy atom. The lowest BCUT2D eigenvalue weighted by Crippen LogP contribution is -2.42. The predicted octanol–water partition coefficient (Wildman–Crippen LogP) is 3.22. The molecular weight excluding hydrogens is 442 g/mol. The van der Waals surface area contributed by atoms with Crippen molar-refractivity contribution in [2.24, 2.45) is 5.92 Å². The standard InChI is InChI=1S/C27H25N5O3/c28-13-23-12-21(27(35)31-22-4-2-1-3-5-22)16-32(23)25(33)15-30-26(34)18-8-9-24-19(10-18)11-20(14-29-24)17-6-7-17/h1-5,8-11,14,17,21,23H,6-7,12,15-16H2,(H,30,34)(H,31,35). The highest BCUT2D eigenvalue weighted by atomic mass is 16.2. The van der Waals surface area contributed by atoms with E-state index in [9.17, 15) is 19.6 Å². The van der Waals surface area contributed by atoms with E-state index in [1.807, 2.05) is 24.4 Å². The monoisotopic (exact) mass is 467 g/mol. The van der Waals surface area contributed by atoms with Crippen LogP contribution in [0.25, 0.3) is 10.9 Å². The lowest BCUT2D eigenvalue weighted by Gasteiger charge is -2.20. The number of hydrogen-bond acceptors (Lipinski definition) is 5. The average Bonchev–Trinajstić information content (AvgIpc) is 3.65. The van der Waals surface area contributed by atoms with Crippen LogP contribution in [0.15, 0.2) is 60.8 Å². The molecule has 2 atom stereocenters. The number of nitriles is 1. The van der Waals surface area contributed by atoms with Crippen molar-refractivity contribution in [1.29, 1.82) is 5.26 Å². The first-order valence-electron chi connectivity index (χ1n) is 11.7. The summed E-state index contributed by atoms with van der Waals surface area (Å²) in [5, 5.41) is 15.9. The molecule has 3 amide bonds. The van der Waals surface area contributed by atoms with Crippen LogP contribution in [0.5, 0.6) is 0 Å². The van der Waals surface area contributed by atoms with Gasteiger partial charge in [0.05, 0.1) is 24.0 Å². The van der Waals surface area contributed by atoms with E-state index < -0.39 is 17.9 Å². The number of rotatable bonds is 6. The Hall–Kier alpha value is -4.25. The third kappa shape index (κ3) is 4.99. The lowest BCUT2D eigenvalue weighted by molar-refractivity contribution is -0.130. The van der Waals surface area contributed by atoms with E-state index in [1.54, 1.807) is 30.3 Å². The van der Waals surface area contributed by atoms with Crippen molar-refractivity contribution in [1.82, 2.24) is 15.2 Å². The second-order valence-electron chi connectivity index (χ2n) is 9.11. The van der Waals surface area contributed by atoms with Gasteiger partial charge in [-0.05, 0) is 67.1 Å². The summed E-state index contributed by atoms with van der Waals surface area (Å²) in [4.78, 5) is 44.1. The average molecular weight is 468 g/mol. The van der Waals surface area contributed by atoms with Crippen LogP contribution in [-0.4, -0.2) is 46.7 Å². The molecule has 2 aromatic carbocycles. The summed E-state index contributed by atoms with van der Waals surface area (Å²) in [6.45, 7) is -0.111. The number of para-hydroxylation sites is 1. The molecule has 1 aliphatic carbocycles. The molecular formula is C27H25N5O3. The van der Waals surface area contributed by atoms with E-state index >= 15 is 0 Å². The minimum absolute atomic E-state index is 0.136. The molecule has 0 radical (unpaired) electrons. The zero-order valence-electron chi connectivity index (χ0n) is 19.1. The molecule has 1 aromatic heterocycles. The Kier molecular flexibility index (Phi) is 6.15. The third-order valence-corrected chi connectivity index (χ3v) is 6.60. The van der Waals surface area contributed by atoms with Gasteiger partial charge in [-0.15, -0.1) is 0 Å². The number of carbonyl (C=O) groups excluding carboxylic acids is 3. The summed E-state index contributed by atoms with van der Waals surface area (Å²) in [5.74, 6) is -0.921. The smallest absolute Gasteiger partial charge is 0.251 e. The van der Waals surface area contributed by atoms with Crippen LogP contribution < -0.4 is 10.6 Å². The molecule has 2 unspecified atom stereocenters. The second kappa shape index (κ2) is 9.55. The van der Waals surface area contributed by atoms with Crippen LogP contribution in [0, 0.1) is 17.2 Å². The van der Waals surface area contributed by atoms with Gasteiger partial charge in [-0.3, -0.25) is 19.4 Å². The van der Waals surface area contributed by atoms with E-state index in [0.717, 1.165) is 10.9 Å². The molecule has 2 N–H and O–H groups in total. The Bertz CT molecular complexity index is 1330. The number of anilines is 1. The van der Waals surface area contributed by atoms with Crippen LogP contribution in [-0.2, 0) is 9.59 Å². The number of hydrogen-bond donors (Lipinski definition) is 2. The van der Waals surface area contributed by atoms with Crippen LogP contribution >= 0.6 is 0 Å². The molecule has 2 fully saturated rings. The van der Waals surface area contributed by atoms with Gasteiger partial charge in [-0.2, -0.15) is 5.26 Å². The number of aromatic nitrogens is 1. The predicted molar refractivity (Wildman–Crippen MR) is 130 cm³/mol. The highest BCUT2D eigenvalue weighted by Crippen LogP contribution is 2.40. The number of nitrogens with one attached hydrogen (secondary N) is 2. The molecule has 3 aromatic rings. The first kappa shape index (κ1) is 22.5. The van der Waals surface area contributed by atoms with E-state index in [4.69, 9.17) is 0 Å². The van der Waals surface area contributed by atoms with Crippen molar-refractivity contribution in [3.8, 4) is 6.07 Å². The molecule has 0 bridgehead atoms. The van der Waals surface area contributed by atoms with Crippen LogP contribution in [0.2, 0.25) is 0 Å². The summed E-state index contributed by atoms with van der Waals surface area (Å²) in [5.41, 5.74) is 3.11. The maximum Gasteiger partial charge on any atom is 0.251 e. The minimum Gasteiger partial charge on any atom is -0.343 e. The van der Waals surface area contributed by atoms with Gasteiger partial charge in [-0.1, -0.05) is 18.2 Å². The molecule has 2 heterocycles.